The van der Waals surface area contributed by atoms with E-state index in [0.29, 0.717) is 31.2 Å². The van der Waals surface area contributed by atoms with Crippen LogP contribution in [0.2, 0.25) is 0 Å². The molecule has 108 valence electrons. The molecule has 1 aliphatic rings. The molecule has 1 aliphatic carbocycles. The molecular weight excluding hydrogens is 244 g/mol. The van der Waals surface area contributed by atoms with Crippen LogP contribution in [-0.4, -0.2) is 28.5 Å². The summed E-state index contributed by atoms with van der Waals surface area (Å²) in [6.45, 7) is 5.09. The first-order chi connectivity index (χ1) is 9.20. The van der Waals surface area contributed by atoms with Crippen molar-refractivity contribution in [3.63, 3.8) is 0 Å². The summed E-state index contributed by atoms with van der Waals surface area (Å²) in [4.78, 5) is 4.47. The highest BCUT2D eigenvalue weighted by atomic mass is 16.5. The predicted molar refractivity (Wildman–Crippen MR) is 70.6 cm³/mol. The lowest BCUT2D eigenvalue weighted by Crippen LogP contribution is -2.35. The Hall–Kier alpha value is -0.940. The zero-order chi connectivity index (χ0) is 13.7. The number of hydrogen-bond acceptors (Lipinski definition) is 5. The van der Waals surface area contributed by atoms with E-state index in [1.807, 2.05) is 6.92 Å². The Morgan fingerprint density at radius 2 is 2.16 bits per heavy atom. The highest BCUT2D eigenvalue weighted by molar-refractivity contribution is 5.04. The largest absolute Gasteiger partial charge is 0.396 e. The summed E-state index contributed by atoms with van der Waals surface area (Å²) in [5, 5.41) is 12.9. The first-order valence-electron chi connectivity index (χ1n) is 7.28. The molecule has 0 bridgehead atoms. The maximum Gasteiger partial charge on any atom is 0.226 e. The lowest BCUT2D eigenvalue weighted by molar-refractivity contribution is -0.0847. The molecule has 5 nitrogen and oxygen atoms in total. The second-order valence-electron chi connectivity index (χ2n) is 5.45. The molecule has 19 heavy (non-hydrogen) atoms. The molecule has 0 unspecified atom stereocenters. The SMILES string of the molecule is CCOC1(c2noc(CCCO)n2)CCC(C)CC1. The normalized spacial score (nSPS) is 27.6. The first-order valence-corrected chi connectivity index (χ1v) is 7.28. The quantitative estimate of drug-likeness (QED) is 0.858. The van der Waals surface area contributed by atoms with E-state index in [9.17, 15) is 0 Å². The van der Waals surface area contributed by atoms with Crippen molar-refractivity contribution < 1.29 is 14.4 Å². The van der Waals surface area contributed by atoms with Crippen LogP contribution in [0.15, 0.2) is 4.52 Å². The van der Waals surface area contributed by atoms with Gasteiger partial charge in [-0.1, -0.05) is 12.1 Å². The highest BCUT2D eigenvalue weighted by Crippen LogP contribution is 2.41. The second-order valence-corrected chi connectivity index (χ2v) is 5.45. The van der Waals surface area contributed by atoms with E-state index < -0.39 is 0 Å². The first kappa shape index (κ1) is 14.5. The topological polar surface area (TPSA) is 68.4 Å². The van der Waals surface area contributed by atoms with Gasteiger partial charge in [-0.05, 0) is 44.9 Å². The van der Waals surface area contributed by atoms with Gasteiger partial charge >= 0.3 is 0 Å². The van der Waals surface area contributed by atoms with E-state index in [1.54, 1.807) is 0 Å². The molecule has 1 aromatic heterocycles. The van der Waals surface area contributed by atoms with Crippen molar-refractivity contribution in [2.24, 2.45) is 5.92 Å². The van der Waals surface area contributed by atoms with Crippen LogP contribution in [0.3, 0.4) is 0 Å². The van der Waals surface area contributed by atoms with E-state index in [2.05, 4.69) is 17.1 Å². The van der Waals surface area contributed by atoms with Crippen LogP contribution in [0, 0.1) is 5.92 Å². The van der Waals surface area contributed by atoms with E-state index in [1.165, 1.54) is 0 Å². The Morgan fingerprint density at radius 3 is 2.79 bits per heavy atom. The van der Waals surface area contributed by atoms with Gasteiger partial charge in [0.05, 0.1) is 0 Å². The minimum absolute atomic E-state index is 0.145. The van der Waals surface area contributed by atoms with Gasteiger partial charge in [0.2, 0.25) is 11.7 Å². The monoisotopic (exact) mass is 268 g/mol. The fourth-order valence-corrected chi connectivity index (χ4v) is 2.71. The van der Waals surface area contributed by atoms with Gasteiger partial charge in [0, 0.05) is 19.6 Å². The molecule has 1 heterocycles. The maximum absolute atomic E-state index is 8.83. The van der Waals surface area contributed by atoms with Crippen molar-refractivity contribution in [2.75, 3.05) is 13.2 Å². The number of aliphatic hydroxyl groups excluding tert-OH is 1. The minimum atomic E-state index is -0.359. The van der Waals surface area contributed by atoms with Gasteiger partial charge in [-0.25, -0.2) is 0 Å². The molecule has 0 radical (unpaired) electrons. The molecule has 1 aromatic rings. The third-order valence-corrected chi connectivity index (χ3v) is 3.93. The summed E-state index contributed by atoms with van der Waals surface area (Å²) >= 11 is 0. The summed E-state index contributed by atoms with van der Waals surface area (Å²) in [7, 11) is 0. The molecule has 0 atom stereocenters. The lowest BCUT2D eigenvalue weighted by Gasteiger charge is -2.36. The smallest absolute Gasteiger partial charge is 0.226 e. The highest BCUT2D eigenvalue weighted by Gasteiger charge is 2.40. The van der Waals surface area contributed by atoms with Crippen molar-refractivity contribution in [1.82, 2.24) is 10.1 Å². The van der Waals surface area contributed by atoms with E-state index in [0.717, 1.165) is 31.6 Å². The molecule has 0 amide bonds. The lowest BCUT2D eigenvalue weighted by atomic mass is 9.79. The molecule has 5 heteroatoms. The van der Waals surface area contributed by atoms with Crippen LogP contribution in [0.25, 0.3) is 0 Å². The van der Waals surface area contributed by atoms with Crippen LogP contribution < -0.4 is 0 Å². The molecule has 0 aliphatic heterocycles. The molecule has 0 aromatic carbocycles. The predicted octanol–water partition coefficient (Wildman–Crippen LogP) is 2.44. The number of ether oxygens (including phenoxy) is 1. The number of aryl methyl sites for hydroxylation is 1. The Morgan fingerprint density at radius 1 is 1.42 bits per heavy atom. The molecular formula is C14H24N2O3. The standard InChI is InChI=1S/C14H24N2O3/c1-3-18-14(8-6-11(2)7-9-14)13-15-12(19-16-13)5-4-10-17/h11,17H,3-10H2,1-2H3. The van der Waals surface area contributed by atoms with Gasteiger partial charge in [-0.3, -0.25) is 0 Å². The van der Waals surface area contributed by atoms with E-state index >= 15 is 0 Å². The Kier molecular flexibility index (Phi) is 4.93. The number of rotatable bonds is 6. The zero-order valence-corrected chi connectivity index (χ0v) is 11.9. The molecule has 1 N–H and O–H groups in total. The van der Waals surface area contributed by atoms with Gasteiger partial charge in [0.15, 0.2) is 0 Å². The number of aromatic nitrogens is 2. The summed E-state index contributed by atoms with van der Waals surface area (Å²) in [5.41, 5.74) is -0.359. The third kappa shape index (κ3) is 3.34. The molecule has 1 fully saturated rings. The number of hydrogen-bond donors (Lipinski definition) is 1. The third-order valence-electron chi connectivity index (χ3n) is 3.93. The molecule has 0 saturated heterocycles. The molecule has 0 spiro atoms. The summed E-state index contributed by atoms with van der Waals surface area (Å²) in [5.74, 6) is 2.03. The summed E-state index contributed by atoms with van der Waals surface area (Å²) in [6.07, 6.45) is 5.48. The zero-order valence-electron chi connectivity index (χ0n) is 11.9. The summed E-state index contributed by atoms with van der Waals surface area (Å²) < 4.78 is 11.3. The van der Waals surface area contributed by atoms with Crippen LogP contribution >= 0.6 is 0 Å². The van der Waals surface area contributed by atoms with Gasteiger partial charge in [0.1, 0.15) is 5.60 Å². The minimum Gasteiger partial charge on any atom is -0.396 e. The van der Waals surface area contributed by atoms with Gasteiger partial charge in [-0.15, -0.1) is 0 Å². The van der Waals surface area contributed by atoms with Gasteiger partial charge in [-0.2, -0.15) is 4.98 Å². The Bertz CT molecular complexity index is 384. The van der Waals surface area contributed by atoms with Crippen molar-refractivity contribution in [3.8, 4) is 0 Å². The van der Waals surface area contributed by atoms with Crippen molar-refractivity contribution in [3.05, 3.63) is 11.7 Å². The van der Waals surface area contributed by atoms with Crippen LogP contribution in [0.5, 0.6) is 0 Å². The van der Waals surface area contributed by atoms with Crippen molar-refractivity contribution in [2.45, 2.75) is 58.0 Å². The number of aliphatic hydroxyl groups is 1. The summed E-state index contributed by atoms with van der Waals surface area (Å²) in [6, 6.07) is 0. The Labute approximate surface area is 114 Å². The van der Waals surface area contributed by atoms with Crippen LogP contribution in [0.1, 0.15) is 57.7 Å². The van der Waals surface area contributed by atoms with Crippen LogP contribution in [0.4, 0.5) is 0 Å². The number of nitrogens with zero attached hydrogens (tertiary/aromatic N) is 2. The fraction of sp³-hybridized carbons (Fsp3) is 0.857. The van der Waals surface area contributed by atoms with E-state index in [-0.39, 0.29) is 12.2 Å². The van der Waals surface area contributed by atoms with Crippen molar-refractivity contribution in [1.29, 1.82) is 0 Å². The average Bonchev–Trinajstić information content (AvgIpc) is 2.89. The van der Waals surface area contributed by atoms with Crippen LogP contribution in [-0.2, 0) is 16.8 Å². The van der Waals surface area contributed by atoms with E-state index in [4.69, 9.17) is 14.4 Å². The second kappa shape index (κ2) is 6.48. The van der Waals surface area contributed by atoms with Gasteiger partial charge < -0.3 is 14.4 Å². The molecule has 1 saturated carbocycles. The maximum atomic E-state index is 8.83. The fourth-order valence-electron chi connectivity index (χ4n) is 2.71. The van der Waals surface area contributed by atoms with Gasteiger partial charge in [0.25, 0.3) is 0 Å². The van der Waals surface area contributed by atoms with Crippen molar-refractivity contribution >= 4 is 0 Å². The average molecular weight is 268 g/mol. The Balaban J connectivity index is 2.12. The molecule has 2 rings (SSSR count).